The molecule has 2 atom stereocenters. The van der Waals surface area contributed by atoms with Crippen LogP contribution in [-0.2, 0) is 4.79 Å². The summed E-state index contributed by atoms with van der Waals surface area (Å²) in [7, 11) is 0. The second kappa shape index (κ2) is 8.92. The summed E-state index contributed by atoms with van der Waals surface area (Å²) in [5.74, 6) is -2.92. The molecule has 9 heteroatoms. The van der Waals surface area contributed by atoms with E-state index in [1.807, 2.05) is 0 Å². The first-order chi connectivity index (χ1) is 17.2. The Kier molecular flexibility index (Phi) is 5.75. The van der Waals surface area contributed by atoms with E-state index in [1.54, 1.807) is 26.0 Å². The number of anilines is 1. The number of aromatic amines is 1. The van der Waals surface area contributed by atoms with Crippen LogP contribution in [0.1, 0.15) is 29.7 Å². The molecule has 0 radical (unpaired) electrons. The Morgan fingerprint density at radius 1 is 0.917 bits per heavy atom. The summed E-state index contributed by atoms with van der Waals surface area (Å²) in [4.78, 5) is 27.4. The number of carbonyl (C=O) groups excluding carboxylic acids is 1. The number of hydrogen-bond donors (Lipinski definition) is 2. The lowest BCUT2D eigenvalue weighted by Crippen LogP contribution is -2.34. The number of phenolic OH excluding ortho intramolecular Hbond substituents is 1. The Morgan fingerprint density at radius 3 is 2.14 bits per heavy atom. The summed E-state index contributed by atoms with van der Waals surface area (Å²) in [5.41, 5.74) is 2.26. The van der Waals surface area contributed by atoms with E-state index in [0.717, 1.165) is 0 Å². The van der Waals surface area contributed by atoms with Gasteiger partial charge in [0.15, 0.2) is 0 Å². The van der Waals surface area contributed by atoms with Crippen LogP contribution in [0.25, 0.3) is 5.69 Å². The summed E-state index contributed by atoms with van der Waals surface area (Å²) < 4.78 is 28.2. The van der Waals surface area contributed by atoms with Crippen molar-refractivity contribution in [2.24, 2.45) is 11.0 Å². The first-order valence-corrected chi connectivity index (χ1v) is 11.3. The van der Waals surface area contributed by atoms with E-state index in [1.165, 1.54) is 70.4 Å². The van der Waals surface area contributed by atoms with Gasteiger partial charge in [-0.25, -0.2) is 18.5 Å². The molecule has 0 saturated heterocycles. The van der Waals surface area contributed by atoms with Crippen LogP contribution >= 0.6 is 0 Å². The van der Waals surface area contributed by atoms with Crippen LogP contribution < -0.4 is 10.6 Å². The second-order valence-corrected chi connectivity index (χ2v) is 8.69. The highest BCUT2D eigenvalue weighted by Gasteiger charge is 2.43. The van der Waals surface area contributed by atoms with Crippen molar-refractivity contribution in [2.75, 3.05) is 5.01 Å². The van der Waals surface area contributed by atoms with Crippen molar-refractivity contribution < 1.29 is 18.7 Å². The lowest BCUT2D eigenvalue weighted by Gasteiger charge is -2.23. The van der Waals surface area contributed by atoms with Gasteiger partial charge in [-0.15, -0.1) is 0 Å². The van der Waals surface area contributed by atoms with E-state index in [0.29, 0.717) is 33.9 Å². The van der Waals surface area contributed by atoms with Crippen molar-refractivity contribution in [1.82, 2.24) is 9.78 Å². The van der Waals surface area contributed by atoms with Crippen LogP contribution in [-0.4, -0.2) is 26.5 Å². The maximum Gasteiger partial charge on any atom is 0.275 e. The molecular weight excluding hydrogens is 466 g/mol. The van der Waals surface area contributed by atoms with Gasteiger partial charge in [-0.2, -0.15) is 5.10 Å². The zero-order valence-corrected chi connectivity index (χ0v) is 19.4. The molecule has 5 rings (SSSR count). The number of rotatable bonds is 5. The van der Waals surface area contributed by atoms with Gasteiger partial charge in [0.25, 0.3) is 11.5 Å². The normalized spacial score (nSPS) is 16.3. The lowest BCUT2D eigenvalue weighted by atomic mass is 9.78. The zero-order valence-electron chi connectivity index (χ0n) is 19.4. The number of nitrogens with one attached hydrogen (secondary N) is 1. The average Bonchev–Trinajstić information content (AvgIpc) is 3.31. The van der Waals surface area contributed by atoms with Crippen LogP contribution in [0.4, 0.5) is 14.5 Å². The summed E-state index contributed by atoms with van der Waals surface area (Å²) in [5, 5.41) is 18.9. The number of nitrogens with zero attached hydrogens (tertiary/aromatic N) is 3. The van der Waals surface area contributed by atoms with Gasteiger partial charge in [0, 0.05) is 22.9 Å². The quantitative estimate of drug-likeness (QED) is 0.429. The smallest absolute Gasteiger partial charge is 0.275 e. The van der Waals surface area contributed by atoms with Crippen molar-refractivity contribution in [2.45, 2.75) is 19.8 Å². The summed E-state index contributed by atoms with van der Waals surface area (Å²) in [6, 6.07) is 17.2. The molecule has 4 aromatic rings. The van der Waals surface area contributed by atoms with E-state index in [4.69, 9.17) is 0 Å². The fourth-order valence-electron chi connectivity index (χ4n) is 4.67. The zero-order chi connectivity index (χ0) is 25.6. The standard InChI is InChI=1S/C27H22F2N4O3/c1-15-23(26(35)32(30-15)20-10-6-18(28)7-11-20)25(17-4-3-5-22(34)14-17)24-16(2)31-33(27(24)36)21-12-8-19(29)9-13-21/h3-14,23,25,31,34H,1-2H3/t23-,25+/m0/s1. The highest BCUT2D eigenvalue weighted by atomic mass is 19.1. The first kappa shape index (κ1) is 23.2. The highest BCUT2D eigenvalue weighted by Crippen LogP contribution is 2.39. The Bertz CT molecular complexity index is 1540. The van der Waals surface area contributed by atoms with E-state index in [9.17, 15) is 23.5 Å². The van der Waals surface area contributed by atoms with E-state index >= 15 is 0 Å². The number of phenols is 1. The Labute approximate surface area is 204 Å². The molecular formula is C27H22F2N4O3. The molecule has 0 fully saturated rings. The van der Waals surface area contributed by atoms with Crippen LogP contribution in [0.2, 0.25) is 0 Å². The predicted molar refractivity (Wildman–Crippen MR) is 132 cm³/mol. The minimum atomic E-state index is -0.860. The van der Waals surface area contributed by atoms with Gasteiger partial charge in [-0.1, -0.05) is 12.1 Å². The molecule has 3 aromatic carbocycles. The van der Waals surface area contributed by atoms with E-state index < -0.39 is 29.0 Å². The third kappa shape index (κ3) is 3.98. The monoisotopic (exact) mass is 488 g/mol. The summed E-state index contributed by atoms with van der Waals surface area (Å²) >= 11 is 0. The van der Waals surface area contributed by atoms with Gasteiger partial charge in [0.05, 0.1) is 17.3 Å². The Hall–Kier alpha value is -4.53. The first-order valence-electron chi connectivity index (χ1n) is 11.3. The van der Waals surface area contributed by atoms with Gasteiger partial charge in [0.2, 0.25) is 0 Å². The number of hydrogen-bond acceptors (Lipinski definition) is 4. The van der Waals surface area contributed by atoms with Crippen molar-refractivity contribution in [1.29, 1.82) is 0 Å². The molecule has 0 bridgehead atoms. The van der Waals surface area contributed by atoms with Gasteiger partial charge >= 0.3 is 0 Å². The minimum absolute atomic E-state index is 0.0139. The summed E-state index contributed by atoms with van der Waals surface area (Å²) in [6.07, 6.45) is 0. The van der Waals surface area contributed by atoms with Crippen LogP contribution in [0.3, 0.4) is 0 Å². The third-order valence-electron chi connectivity index (χ3n) is 6.33. The molecule has 0 unspecified atom stereocenters. The number of halogens is 2. The SMILES string of the molecule is CC1=NN(c2ccc(F)cc2)C(=O)[C@@H]1[C@@H](c1cccc(O)c1)c1c(C)[nH]n(-c2ccc(F)cc2)c1=O. The topological polar surface area (TPSA) is 90.7 Å². The molecule has 1 aliphatic rings. The van der Waals surface area contributed by atoms with E-state index in [2.05, 4.69) is 10.2 Å². The number of carbonyl (C=O) groups is 1. The molecule has 1 aliphatic heterocycles. The number of aryl methyl sites for hydroxylation is 1. The van der Waals surface area contributed by atoms with Gasteiger partial charge in [-0.3, -0.25) is 14.7 Å². The van der Waals surface area contributed by atoms with Crippen molar-refractivity contribution in [3.63, 3.8) is 0 Å². The number of aromatic nitrogens is 2. The van der Waals surface area contributed by atoms with Crippen molar-refractivity contribution in [3.8, 4) is 11.4 Å². The second-order valence-electron chi connectivity index (χ2n) is 8.69. The fourth-order valence-corrected chi connectivity index (χ4v) is 4.67. The number of aromatic hydroxyl groups is 1. The molecule has 7 nitrogen and oxygen atoms in total. The van der Waals surface area contributed by atoms with Crippen LogP contribution in [0, 0.1) is 24.5 Å². The molecule has 2 heterocycles. The van der Waals surface area contributed by atoms with Crippen LogP contribution in [0.5, 0.6) is 5.75 Å². The molecule has 2 N–H and O–H groups in total. The Morgan fingerprint density at radius 2 is 1.53 bits per heavy atom. The highest BCUT2D eigenvalue weighted by molar-refractivity contribution is 6.15. The van der Waals surface area contributed by atoms with Crippen molar-refractivity contribution >= 4 is 17.3 Å². The molecule has 0 saturated carbocycles. The van der Waals surface area contributed by atoms with E-state index in [-0.39, 0.29) is 11.7 Å². The number of H-pyrrole nitrogens is 1. The molecule has 0 aliphatic carbocycles. The maximum atomic E-state index is 13.7. The molecule has 1 amide bonds. The van der Waals surface area contributed by atoms with Gasteiger partial charge in [-0.05, 0) is 80.1 Å². The largest absolute Gasteiger partial charge is 0.508 e. The minimum Gasteiger partial charge on any atom is -0.508 e. The number of hydrazone groups is 1. The molecule has 182 valence electrons. The van der Waals surface area contributed by atoms with Gasteiger partial charge in [0.1, 0.15) is 17.4 Å². The van der Waals surface area contributed by atoms with Gasteiger partial charge < -0.3 is 5.11 Å². The molecule has 0 spiro atoms. The fraction of sp³-hybridized carbons (Fsp3) is 0.148. The molecule has 36 heavy (non-hydrogen) atoms. The van der Waals surface area contributed by atoms with Crippen molar-refractivity contribution in [3.05, 3.63) is 112 Å². The lowest BCUT2D eigenvalue weighted by molar-refractivity contribution is -0.120. The average molecular weight is 488 g/mol. The third-order valence-corrected chi connectivity index (χ3v) is 6.33. The number of benzene rings is 3. The predicted octanol–water partition coefficient (Wildman–Crippen LogP) is 4.63. The molecule has 1 aromatic heterocycles. The maximum absolute atomic E-state index is 13.7. The summed E-state index contributed by atoms with van der Waals surface area (Å²) in [6.45, 7) is 3.42. The number of amides is 1. The Balaban J connectivity index is 1.65. The van der Waals surface area contributed by atoms with Crippen LogP contribution in [0.15, 0.2) is 82.7 Å².